The van der Waals surface area contributed by atoms with Crippen molar-refractivity contribution in [1.29, 1.82) is 0 Å². The Bertz CT molecular complexity index is 1160. The van der Waals surface area contributed by atoms with Crippen LogP contribution in [0.15, 0.2) is 90.4 Å². The summed E-state index contributed by atoms with van der Waals surface area (Å²) in [5, 5.41) is 10.7. The van der Waals surface area contributed by atoms with Crippen molar-refractivity contribution >= 4 is 41.5 Å². The van der Waals surface area contributed by atoms with Gasteiger partial charge in [-0.3, -0.25) is 0 Å². The van der Waals surface area contributed by atoms with E-state index in [0.717, 1.165) is 5.69 Å². The Kier molecular flexibility index (Phi) is 8.16. The molecule has 1 aromatic heterocycles. The third-order valence-corrected chi connectivity index (χ3v) is 7.72. The third-order valence-electron chi connectivity index (χ3n) is 4.28. The summed E-state index contributed by atoms with van der Waals surface area (Å²) in [6.45, 7) is 1.27. The van der Waals surface area contributed by atoms with Gasteiger partial charge in [0.05, 0.1) is 16.1 Å². The van der Waals surface area contributed by atoms with Gasteiger partial charge < -0.3 is 0 Å². The SMILES string of the molecule is CC(=O)Nc1ccccc1[As](=O)(O)OO.c1ccc(-c2ncsc2-c2ccccc2)cc1. The second-order valence-electron chi connectivity index (χ2n) is 6.56. The number of aromatic nitrogens is 1. The van der Waals surface area contributed by atoms with Crippen molar-refractivity contribution in [2.45, 2.75) is 6.92 Å². The number of nitrogens with one attached hydrogen (secondary N) is 1. The Morgan fingerprint density at radius 1 is 0.938 bits per heavy atom. The van der Waals surface area contributed by atoms with Gasteiger partial charge >= 0.3 is 88.4 Å². The zero-order chi connectivity index (χ0) is 23.0. The van der Waals surface area contributed by atoms with Crippen LogP contribution in [-0.4, -0.2) is 34.4 Å². The molecule has 0 aliphatic heterocycles. The van der Waals surface area contributed by atoms with E-state index in [2.05, 4.69) is 50.6 Å². The average molecular weight is 512 g/mol. The van der Waals surface area contributed by atoms with Gasteiger partial charge in [0.25, 0.3) is 0 Å². The van der Waals surface area contributed by atoms with Crippen LogP contribution < -0.4 is 9.67 Å². The molecule has 9 heteroatoms. The van der Waals surface area contributed by atoms with Gasteiger partial charge in [-0.25, -0.2) is 4.98 Å². The van der Waals surface area contributed by atoms with Crippen molar-refractivity contribution in [2.75, 3.05) is 5.32 Å². The number of amides is 1. The molecule has 0 aliphatic carbocycles. The Balaban J connectivity index is 0.000000183. The van der Waals surface area contributed by atoms with Gasteiger partial charge in [-0.05, 0) is 5.56 Å². The topological polar surface area (TPSA) is 109 Å². The Morgan fingerprint density at radius 2 is 1.50 bits per heavy atom. The molecule has 1 heterocycles. The minimum Gasteiger partial charge on any atom is -0.244 e. The zero-order valence-corrected chi connectivity index (χ0v) is 19.8. The zero-order valence-electron chi connectivity index (χ0n) is 17.1. The van der Waals surface area contributed by atoms with Crippen LogP contribution in [0.2, 0.25) is 0 Å². The van der Waals surface area contributed by atoms with Crippen LogP contribution in [0.25, 0.3) is 21.7 Å². The van der Waals surface area contributed by atoms with Gasteiger partial charge in [-0.15, -0.1) is 11.3 Å². The van der Waals surface area contributed by atoms with E-state index in [1.54, 1.807) is 17.4 Å². The van der Waals surface area contributed by atoms with Crippen LogP contribution >= 0.6 is 11.3 Å². The van der Waals surface area contributed by atoms with Crippen LogP contribution in [-0.2, 0) is 12.4 Å². The molecule has 7 nitrogen and oxygen atoms in total. The van der Waals surface area contributed by atoms with Crippen molar-refractivity contribution in [3.63, 3.8) is 0 Å². The Labute approximate surface area is 192 Å². The largest absolute Gasteiger partial charge is 0.244 e. The molecule has 1 unspecified atom stereocenters. The van der Waals surface area contributed by atoms with Crippen molar-refractivity contribution in [3.8, 4) is 21.7 Å². The molecular weight excluding hydrogens is 491 g/mol. The van der Waals surface area contributed by atoms with Gasteiger partial charge in [-0.1, -0.05) is 60.7 Å². The number of hydrogen-bond acceptors (Lipinski definition) is 6. The molecule has 0 saturated carbocycles. The molecule has 1 atom stereocenters. The van der Waals surface area contributed by atoms with Gasteiger partial charge in [0, 0.05) is 5.56 Å². The van der Waals surface area contributed by atoms with Crippen LogP contribution in [0.3, 0.4) is 0 Å². The smallest absolute Gasteiger partial charge is 0.0890 e. The summed E-state index contributed by atoms with van der Waals surface area (Å²) in [6.07, 6.45) is 0. The molecule has 4 rings (SSSR count). The molecule has 0 fully saturated rings. The maximum Gasteiger partial charge on any atom is 0.0890 e. The number of carbonyl (C=O) groups is 1. The summed E-state index contributed by atoms with van der Waals surface area (Å²) < 4.78 is 24.1. The van der Waals surface area contributed by atoms with E-state index in [4.69, 9.17) is 5.26 Å². The summed E-state index contributed by atoms with van der Waals surface area (Å²) in [5.41, 5.74) is 5.54. The Hall–Kier alpha value is -3.00. The molecule has 164 valence electrons. The molecule has 3 aromatic carbocycles. The van der Waals surface area contributed by atoms with Gasteiger partial charge in [0.15, 0.2) is 0 Å². The number of nitrogens with zero attached hydrogens (tertiary/aromatic N) is 1. The van der Waals surface area contributed by atoms with E-state index in [1.165, 1.54) is 41.1 Å². The molecule has 0 bridgehead atoms. The Morgan fingerprint density at radius 3 is 2.09 bits per heavy atom. The average Bonchev–Trinajstić information content (AvgIpc) is 3.31. The minimum atomic E-state index is -4.92. The summed E-state index contributed by atoms with van der Waals surface area (Å²) in [6, 6.07) is 26.6. The van der Waals surface area contributed by atoms with Crippen LogP contribution in [0.5, 0.6) is 0 Å². The van der Waals surface area contributed by atoms with Gasteiger partial charge in [0.1, 0.15) is 0 Å². The summed E-state index contributed by atoms with van der Waals surface area (Å²) in [5.74, 6) is -0.379. The fourth-order valence-electron chi connectivity index (χ4n) is 2.90. The summed E-state index contributed by atoms with van der Waals surface area (Å²) >= 11 is -3.24. The monoisotopic (exact) mass is 512 g/mol. The number of thiazole rings is 1. The van der Waals surface area contributed by atoms with Gasteiger partial charge in [-0.2, -0.15) is 0 Å². The molecule has 0 saturated heterocycles. The van der Waals surface area contributed by atoms with Crippen molar-refractivity contribution in [2.24, 2.45) is 0 Å². The first-order chi connectivity index (χ1) is 15.4. The second-order valence-corrected chi connectivity index (χ2v) is 11.0. The van der Waals surface area contributed by atoms with Crippen molar-refractivity contribution in [3.05, 3.63) is 90.4 Å². The molecule has 0 spiro atoms. The van der Waals surface area contributed by atoms with Gasteiger partial charge in [0.2, 0.25) is 0 Å². The maximum atomic E-state index is 11.4. The molecule has 32 heavy (non-hydrogen) atoms. The third kappa shape index (κ3) is 6.03. The molecular formula is C23H21AsN2O5S. The first-order valence-corrected chi connectivity index (χ1v) is 13.7. The summed E-state index contributed by atoms with van der Waals surface area (Å²) in [4.78, 5) is 16.5. The predicted molar refractivity (Wildman–Crippen MR) is 126 cm³/mol. The number of benzene rings is 3. The van der Waals surface area contributed by atoms with Crippen molar-refractivity contribution in [1.82, 2.24) is 4.98 Å². The van der Waals surface area contributed by atoms with E-state index in [9.17, 15) is 12.6 Å². The summed E-state index contributed by atoms with van der Waals surface area (Å²) in [7, 11) is 0. The molecule has 1 amide bonds. The van der Waals surface area contributed by atoms with Crippen LogP contribution in [0.1, 0.15) is 6.92 Å². The van der Waals surface area contributed by atoms with Crippen molar-refractivity contribution < 1.29 is 21.8 Å². The standard InChI is InChI=1S/C15H11NS.C8H10AsNO5/c1-3-7-12(8-4-1)14-15(17-11-16-14)13-9-5-2-6-10-13;1-6(11)10-8-5-3-2-4-7(8)9(12,13)15-14/h1-11H;2-5,14H,1H3,(H,10,11)(H,12,13). The second kappa shape index (κ2) is 11.0. The number of anilines is 1. The van der Waals surface area contributed by atoms with Crippen LogP contribution in [0.4, 0.5) is 5.69 Å². The first kappa shape index (κ1) is 23.7. The maximum absolute atomic E-state index is 11.4. The molecule has 4 aromatic rings. The van der Waals surface area contributed by atoms with E-state index < -0.39 is 14.2 Å². The number of para-hydroxylation sites is 1. The molecule has 0 aliphatic rings. The number of hydrogen-bond donors (Lipinski definition) is 3. The quantitative estimate of drug-likeness (QED) is 0.210. The normalized spacial score (nSPS) is 12.2. The number of carbonyl (C=O) groups excluding carboxylic acids is 1. The van der Waals surface area contributed by atoms with E-state index >= 15 is 0 Å². The number of rotatable bonds is 5. The predicted octanol–water partition coefficient (Wildman–Crippen LogP) is 4.18. The van der Waals surface area contributed by atoms with E-state index in [0.29, 0.717) is 0 Å². The van der Waals surface area contributed by atoms with E-state index in [-0.39, 0.29) is 15.9 Å². The fourth-order valence-corrected chi connectivity index (χ4v) is 5.39. The van der Waals surface area contributed by atoms with Crippen LogP contribution in [0, 0.1) is 0 Å². The molecule has 0 radical (unpaired) electrons. The molecule has 3 N–H and O–H groups in total. The minimum absolute atomic E-state index is 0.103. The fraction of sp³-hybridized carbons (Fsp3) is 0.0435. The first-order valence-electron chi connectivity index (χ1n) is 9.50. The van der Waals surface area contributed by atoms with E-state index in [1.807, 2.05) is 29.8 Å².